The van der Waals surface area contributed by atoms with E-state index in [9.17, 15) is 8.42 Å². The second-order valence-corrected chi connectivity index (χ2v) is 9.40. The van der Waals surface area contributed by atoms with Crippen molar-refractivity contribution in [2.45, 2.75) is 63.9 Å². The molecule has 27 heavy (non-hydrogen) atoms. The van der Waals surface area contributed by atoms with Gasteiger partial charge in [-0.15, -0.1) is 0 Å². The summed E-state index contributed by atoms with van der Waals surface area (Å²) in [6, 6.07) is 1.83. The van der Waals surface area contributed by atoms with Crippen LogP contribution in [0.15, 0.2) is 11.0 Å². The number of benzene rings is 1. The van der Waals surface area contributed by atoms with Crippen molar-refractivity contribution in [1.29, 1.82) is 0 Å². The topological polar surface area (TPSA) is 108 Å². The van der Waals surface area contributed by atoms with E-state index in [2.05, 4.69) is 0 Å². The molecule has 0 radical (unpaired) electrons. The average Bonchev–Trinajstić information content (AvgIpc) is 2.56. The van der Waals surface area contributed by atoms with Gasteiger partial charge in [0.1, 0.15) is 11.4 Å². The highest BCUT2D eigenvalue weighted by Crippen LogP contribution is 2.39. The zero-order chi connectivity index (χ0) is 20.2. The maximum absolute atomic E-state index is 13.4. The quantitative estimate of drug-likeness (QED) is 0.486. The van der Waals surface area contributed by atoms with Crippen molar-refractivity contribution in [3.05, 3.63) is 22.8 Å². The molecule has 1 aromatic carbocycles. The number of hydroxylamine groups is 1. The largest absolute Gasteiger partial charge is 0.488 e. The van der Waals surface area contributed by atoms with Gasteiger partial charge >= 0.3 is 0 Å². The van der Waals surface area contributed by atoms with Gasteiger partial charge in [-0.2, -0.15) is 0 Å². The van der Waals surface area contributed by atoms with Gasteiger partial charge in [0.15, 0.2) is 0 Å². The van der Waals surface area contributed by atoms with Crippen LogP contribution >= 0.6 is 0 Å². The molecule has 8 heteroatoms. The average molecular weight is 400 g/mol. The molecule has 0 aliphatic carbocycles. The highest BCUT2D eigenvalue weighted by atomic mass is 32.2. The molecule has 1 aliphatic rings. The summed E-state index contributed by atoms with van der Waals surface area (Å²) in [7, 11) is -3.82. The van der Waals surface area contributed by atoms with Gasteiger partial charge in [0.05, 0.1) is 11.5 Å². The molecule has 2 rings (SSSR count). The number of rotatable bonds is 9. The van der Waals surface area contributed by atoms with Crippen LogP contribution in [-0.2, 0) is 21.3 Å². The lowest BCUT2D eigenvalue weighted by Gasteiger charge is -2.34. The molecule has 0 atom stereocenters. The molecule has 7 nitrogen and oxygen atoms in total. The molecule has 4 N–H and O–H groups in total. The van der Waals surface area contributed by atoms with Crippen molar-refractivity contribution in [2.75, 3.05) is 26.2 Å². The van der Waals surface area contributed by atoms with E-state index in [4.69, 9.17) is 21.0 Å². The molecule has 1 heterocycles. The molecule has 1 aromatic rings. The number of hydrogen-bond donors (Lipinski definition) is 2. The standard InChI is InChI=1S/C19H33N3O4S/c1-14-13-17-16(7-8-19(3,4)26-17)15(2)18(14)27(23,24)22(11-5-9-20)25-12-6-10-21/h13H,5-12,20-21H2,1-4H3. The maximum atomic E-state index is 13.4. The Bertz CT molecular complexity index is 763. The maximum Gasteiger partial charge on any atom is 0.265 e. The van der Waals surface area contributed by atoms with Crippen LogP contribution in [0.4, 0.5) is 0 Å². The van der Waals surface area contributed by atoms with E-state index in [0.29, 0.717) is 36.4 Å². The summed E-state index contributed by atoms with van der Waals surface area (Å²) >= 11 is 0. The van der Waals surface area contributed by atoms with Crippen LogP contribution < -0.4 is 16.2 Å². The predicted octanol–water partition coefficient (Wildman–Crippen LogP) is 2.03. The van der Waals surface area contributed by atoms with E-state index < -0.39 is 10.0 Å². The molecular weight excluding hydrogens is 366 g/mol. The number of hydrogen-bond acceptors (Lipinski definition) is 6. The van der Waals surface area contributed by atoms with E-state index >= 15 is 0 Å². The number of fused-ring (bicyclic) bond motifs is 1. The van der Waals surface area contributed by atoms with E-state index in [1.54, 1.807) is 6.92 Å². The van der Waals surface area contributed by atoms with E-state index in [0.717, 1.165) is 34.2 Å². The molecule has 0 amide bonds. The SMILES string of the molecule is Cc1cc2c(c(C)c1S(=O)(=O)N(CCCN)OCCCN)CCC(C)(C)O2. The smallest absolute Gasteiger partial charge is 0.265 e. The van der Waals surface area contributed by atoms with Gasteiger partial charge in [0.25, 0.3) is 10.0 Å². The zero-order valence-electron chi connectivity index (χ0n) is 16.9. The summed E-state index contributed by atoms with van der Waals surface area (Å²) in [5.74, 6) is 0.776. The van der Waals surface area contributed by atoms with Gasteiger partial charge < -0.3 is 16.2 Å². The van der Waals surface area contributed by atoms with Crippen molar-refractivity contribution in [3.8, 4) is 5.75 Å². The van der Waals surface area contributed by atoms with Gasteiger partial charge in [-0.1, -0.05) is 4.47 Å². The van der Waals surface area contributed by atoms with Crippen LogP contribution in [0.1, 0.15) is 49.8 Å². The lowest BCUT2D eigenvalue weighted by molar-refractivity contribution is -0.0847. The van der Waals surface area contributed by atoms with Crippen molar-refractivity contribution < 1.29 is 18.0 Å². The van der Waals surface area contributed by atoms with Crippen molar-refractivity contribution in [2.24, 2.45) is 11.5 Å². The Morgan fingerprint density at radius 1 is 1.22 bits per heavy atom. The highest BCUT2D eigenvalue weighted by molar-refractivity contribution is 7.89. The third-order valence-corrected chi connectivity index (χ3v) is 6.78. The van der Waals surface area contributed by atoms with Gasteiger partial charge in [-0.25, -0.2) is 8.42 Å². The fraction of sp³-hybridized carbons (Fsp3) is 0.684. The Morgan fingerprint density at radius 2 is 1.89 bits per heavy atom. The minimum atomic E-state index is -3.82. The van der Waals surface area contributed by atoms with Crippen LogP contribution in [0.3, 0.4) is 0 Å². The van der Waals surface area contributed by atoms with Crippen LogP contribution in [0.25, 0.3) is 0 Å². The van der Waals surface area contributed by atoms with Crippen molar-refractivity contribution >= 4 is 10.0 Å². The Morgan fingerprint density at radius 3 is 2.52 bits per heavy atom. The van der Waals surface area contributed by atoms with Gasteiger partial charge in [0.2, 0.25) is 0 Å². The molecule has 0 aromatic heterocycles. The first kappa shape index (κ1) is 22.1. The third kappa shape index (κ3) is 5.00. The fourth-order valence-corrected chi connectivity index (χ4v) is 5.13. The number of ether oxygens (including phenoxy) is 1. The van der Waals surface area contributed by atoms with Crippen LogP contribution in [0.2, 0.25) is 0 Å². The lowest BCUT2D eigenvalue weighted by Crippen LogP contribution is -2.36. The van der Waals surface area contributed by atoms with Crippen LogP contribution in [-0.4, -0.2) is 44.7 Å². The minimum Gasteiger partial charge on any atom is -0.488 e. The molecule has 0 bridgehead atoms. The molecule has 0 saturated carbocycles. The second-order valence-electron chi connectivity index (χ2n) is 7.64. The third-order valence-electron chi connectivity index (χ3n) is 4.81. The van der Waals surface area contributed by atoms with Gasteiger partial charge in [-0.05, 0) is 89.2 Å². The summed E-state index contributed by atoms with van der Waals surface area (Å²) in [6.45, 7) is 9.03. The Labute approximate surface area is 163 Å². The summed E-state index contributed by atoms with van der Waals surface area (Å²) in [5.41, 5.74) is 13.2. The summed E-state index contributed by atoms with van der Waals surface area (Å²) in [5, 5.41) is 0. The number of sulfonamides is 1. The Hall–Kier alpha value is -1.19. The summed E-state index contributed by atoms with van der Waals surface area (Å²) in [6.07, 6.45) is 2.73. The van der Waals surface area contributed by atoms with Gasteiger partial charge in [-0.3, -0.25) is 4.84 Å². The normalized spacial score (nSPS) is 16.3. The van der Waals surface area contributed by atoms with E-state index in [1.807, 2.05) is 26.8 Å². The van der Waals surface area contributed by atoms with Crippen LogP contribution in [0, 0.1) is 13.8 Å². The Kier molecular flexibility index (Phi) is 7.27. The number of nitrogens with zero attached hydrogens (tertiary/aromatic N) is 1. The summed E-state index contributed by atoms with van der Waals surface area (Å²) < 4.78 is 33.9. The zero-order valence-corrected chi connectivity index (χ0v) is 17.7. The summed E-state index contributed by atoms with van der Waals surface area (Å²) in [4.78, 5) is 5.87. The number of aryl methyl sites for hydroxylation is 1. The highest BCUT2D eigenvalue weighted by Gasteiger charge is 2.34. The van der Waals surface area contributed by atoms with Crippen LogP contribution in [0.5, 0.6) is 5.75 Å². The molecule has 0 fully saturated rings. The molecular formula is C19H33N3O4S. The molecule has 154 valence electrons. The fourth-order valence-electron chi connectivity index (χ4n) is 3.37. The first-order chi connectivity index (χ1) is 12.6. The molecule has 1 aliphatic heterocycles. The van der Waals surface area contributed by atoms with Crippen molar-refractivity contribution in [1.82, 2.24) is 4.47 Å². The van der Waals surface area contributed by atoms with E-state index in [1.165, 1.54) is 0 Å². The predicted molar refractivity (Wildman–Crippen MR) is 106 cm³/mol. The first-order valence-electron chi connectivity index (χ1n) is 9.52. The molecule has 0 unspecified atom stereocenters. The Balaban J connectivity index is 2.44. The first-order valence-corrected chi connectivity index (χ1v) is 11.0. The lowest BCUT2D eigenvalue weighted by atomic mass is 9.91. The molecule has 0 saturated heterocycles. The van der Waals surface area contributed by atoms with Crippen molar-refractivity contribution in [3.63, 3.8) is 0 Å². The van der Waals surface area contributed by atoms with E-state index in [-0.39, 0.29) is 18.8 Å². The van der Waals surface area contributed by atoms with Gasteiger partial charge in [0, 0.05) is 6.54 Å². The number of nitrogens with two attached hydrogens (primary N) is 2. The monoisotopic (exact) mass is 399 g/mol. The second kappa shape index (κ2) is 8.87. The minimum absolute atomic E-state index is 0.211. The molecule has 0 spiro atoms.